The lowest BCUT2D eigenvalue weighted by Gasteiger charge is -2.35. The topological polar surface area (TPSA) is 88.2 Å². The van der Waals surface area contributed by atoms with Crippen molar-refractivity contribution in [3.8, 4) is 0 Å². The van der Waals surface area contributed by atoms with Gasteiger partial charge in [-0.3, -0.25) is 9.69 Å². The molecule has 1 saturated heterocycles. The molecule has 1 amide bonds. The van der Waals surface area contributed by atoms with E-state index in [0.717, 1.165) is 30.1 Å². The van der Waals surface area contributed by atoms with Crippen molar-refractivity contribution in [2.45, 2.75) is 6.92 Å². The van der Waals surface area contributed by atoms with Crippen molar-refractivity contribution in [3.63, 3.8) is 0 Å². The highest BCUT2D eigenvalue weighted by Crippen LogP contribution is 2.34. The highest BCUT2D eigenvalue weighted by Gasteiger charge is 2.27. The van der Waals surface area contributed by atoms with Crippen LogP contribution in [0.2, 0.25) is 10.0 Å². The zero-order valence-corrected chi connectivity index (χ0v) is 20.2. The number of hydrogen-bond donors (Lipinski definition) is 1. The van der Waals surface area contributed by atoms with E-state index in [1.807, 2.05) is 17.0 Å². The van der Waals surface area contributed by atoms with E-state index in [2.05, 4.69) is 10.2 Å². The van der Waals surface area contributed by atoms with Crippen LogP contribution in [0.1, 0.15) is 25.6 Å². The van der Waals surface area contributed by atoms with Gasteiger partial charge in [-0.05, 0) is 30.7 Å². The Bertz CT molecular complexity index is 1030. The van der Waals surface area contributed by atoms with Crippen LogP contribution in [0.5, 0.6) is 0 Å². The monoisotopic (exact) mass is 499 g/mol. The average Bonchev–Trinajstić information content (AvgIpc) is 3.10. The first-order valence-corrected chi connectivity index (χ1v) is 11.3. The normalized spacial score (nSPS) is 14.2. The van der Waals surface area contributed by atoms with Crippen LogP contribution in [-0.2, 0) is 14.3 Å². The van der Waals surface area contributed by atoms with Gasteiger partial charge in [-0.25, -0.2) is 9.59 Å². The second kappa shape index (κ2) is 10.5. The smallest absolute Gasteiger partial charge is 0.348 e. The maximum absolute atomic E-state index is 12.7. The van der Waals surface area contributed by atoms with Gasteiger partial charge in [0.1, 0.15) is 9.88 Å². The molecule has 11 heteroatoms. The van der Waals surface area contributed by atoms with Crippen LogP contribution in [0.15, 0.2) is 18.2 Å². The van der Waals surface area contributed by atoms with Gasteiger partial charge in [0.25, 0.3) is 0 Å². The predicted molar refractivity (Wildman–Crippen MR) is 125 cm³/mol. The maximum atomic E-state index is 12.7. The van der Waals surface area contributed by atoms with E-state index in [1.54, 1.807) is 13.0 Å². The van der Waals surface area contributed by atoms with Crippen molar-refractivity contribution in [2.75, 3.05) is 57.2 Å². The van der Waals surface area contributed by atoms with E-state index in [-0.39, 0.29) is 27.9 Å². The molecule has 1 aliphatic heterocycles. The Kier molecular flexibility index (Phi) is 8.00. The minimum absolute atomic E-state index is 0.153. The summed E-state index contributed by atoms with van der Waals surface area (Å²) in [7, 11) is 2.51. The number of esters is 2. The lowest BCUT2D eigenvalue weighted by molar-refractivity contribution is -0.117. The summed E-state index contributed by atoms with van der Waals surface area (Å²) in [6.45, 7) is 4.57. The number of halogens is 2. The van der Waals surface area contributed by atoms with Gasteiger partial charge in [-0.15, -0.1) is 11.3 Å². The summed E-state index contributed by atoms with van der Waals surface area (Å²) in [5.74, 6) is -1.48. The van der Waals surface area contributed by atoms with Crippen molar-refractivity contribution < 1.29 is 23.9 Å². The number of carbonyl (C=O) groups is 3. The van der Waals surface area contributed by atoms with Crippen LogP contribution in [0, 0.1) is 6.92 Å². The highest BCUT2D eigenvalue weighted by molar-refractivity contribution is 7.18. The number of ether oxygens (including phenoxy) is 2. The summed E-state index contributed by atoms with van der Waals surface area (Å²) < 4.78 is 9.58. The Balaban J connectivity index is 1.63. The van der Waals surface area contributed by atoms with Gasteiger partial charge in [0, 0.05) is 31.9 Å². The van der Waals surface area contributed by atoms with E-state index in [9.17, 15) is 14.4 Å². The average molecular weight is 500 g/mol. The summed E-state index contributed by atoms with van der Waals surface area (Å²) in [6.07, 6.45) is 0. The number of anilines is 2. The first-order valence-electron chi connectivity index (χ1n) is 9.77. The van der Waals surface area contributed by atoms with E-state index < -0.39 is 11.9 Å². The number of rotatable bonds is 6. The molecule has 1 aliphatic rings. The first kappa shape index (κ1) is 24.3. The molecule has 8 nitrogen and oxygen atoms in total. The molecule has 1 fully saturated rings. The van der Waals surface area contributed by atoms with Gasteiger partial charge in [-0.1, -0.05) is 23.2 Å². The lowest BCUT2D eigenvalue weighted by Crippen LogP contribution is -2.48. The fourth-order valence-corrected chi connectivity index (χ4v) is 4.87. The molecule has 3 rings (SSSR count). The molecule has 0 aliphatic carbocycles. The molecule has 2 aromatic rings. The van der Waals surface area contributed by atoms with Crippen LogP contribution in [0.25, 0.3) is 0 Å². The molecular formula is C21H23Cl2N3O5S. The molecule has 1 aromatic heterocycles. The van der Waals surface area contributed by atoms with Crippen LogP contribution in [-0.4, -0.2) is 69.7 Å². The van der Waals surface area contributed by atoms with E-state index in [1.165, 1.54) is 14.2 Å². The molecule has 1 N–H and O–H groups in total. The predicted octanol–water partition coefficient (Wildman–Crippen LogP) is 3.70. The number of hydrogen-bond acceptors (Lipinski definition) is 8. The number of benzene rings is 1. The highest BCUT2D eigenvalue weighted by atomic mass is 35.5. The first-order chi connectivity index (χ1) is 15.2. The number of amides is 1. The third-order valence-electron chi connectivity index (χ3n) is 5.17. The summed E-state index contributed by atoms with van der Waals surface area (Å²) in [4.78, 5) is 41.3. The lowest BCUT2D eigenvalue weighted by atomic mass is 10.1. The fraction of sp³-hybridized carbons (Fsp3) is 0.381. The van der Waals surface area contributed by atoms with Crippen LogP contribution >= 0.6 is 34.5 Å². The zero-order valence-electron chi connectivity index (χ0n) is 17.9. The second-order valence-electron chi connectivity index (χ2n) is 7.15. The van der Waals surface area contributed by atoms with Crippen molar-refractivity contribution in [1.82, 2.24) is 4.90 Å². The molecule has 0 saturated carbocycles. The Morgan fingerprint density at radius 2 is 1.69 bits per heavy atom. The summed E-state index contributed by atoms with van der Waals surface area (Å²) in [5, 5.41) is 4.04. The number of nitrogens with one attached hydrogen (secondary N) is 1. The van der Waals surface area contributed by atoms with E-state index in [0.29, 0.717) is 28.7 Å². The standard InChI is InChI=1S/C21H23Cl2N3O5S/c1-12-17(20(28)30-2)19(32-18(12)21(29)31-3)24-16(27)11-25-6-8-26(9-7-25)13-4-5-14(22)15(23)10-13/h4-5,10H,6-9,11H2,1-3H3,(H,24,27). The Morgan fingerprint density at radius 3 is 2.28 bits per heavy atom. The third kappa shape index (κ3) is 5.35. The number of methoxy groups -OCH3 is 2. The third-order valence-corrected chi connectivity index (χ3v) is 7.09. The van der Waals surface area contributed by atoms with Gasteiger partial charge in [0.2, 0.25) is 5.91 Å². The van der Waals surface area contributed by atoms with E-state index in [4.69, 9.17) is 32.7 Å². The molecule has 0 unspecified atom stereocenters. The molecule has 2 heterocycles. The van der Waals surface area contributed by atoms with Crippen molar-refractivity contribution >= 4 is 63.1 Å². The quantitative estimate of drug-likeness (QED) is 0.606. The summed E-state index contributed by atoms with van der Waals surface area (Å²) in [6, 6.07) is 5.52. The zero-order chi connectivity index (χ0) is 23.4. The largest absolute Gasteiger partial charge is 0.465 e. The van der Waals surface area contributed by atoms with Crippen LogP contribution < -0.4 is 10.2 Å². The molecular weight excluding hydrogens is 477 g/mol. The Morgan fingerprint density at radius 1 is 1.03 bits per heavy atom. The molecule has 0 atom stereocenters. The molecule has 32 heavy (non-hydrogen) atoms. The van der Waals surface area contributed by atoms with Crippen LogP contribution in [0.4, 0.5) is 10.7 Å². The minimum atomic E-state index is -0.626. The summed E-state index contributed by atoms with van der Waals surface area (Å²) in [5.41, 5.74) is 1.56. The maximum Gasteiger partial charge on any atom is 0.348 e. The van der Waals surface area contributed by atoms with Gasteiger partial charge < -0.3 is 19.7 Å². The summed E-state index contributed by atoms with van der Waals surface area (Å²) >= 11 is 13.1. The van der Waals surface area contributed by atoms with Crippen molar-refractivity contribution in [3.05, 3.63) is 44.2 Å². The van der Waals surface area contributed by atoms with Gasteiger partial charge in [0.05, 0.1) is 36.4 Å². The van der Waals surface area contributed by atoms with Gasteiger partial charge in [-0.2, -0.15) is 0 Å². The minimum Gasteiger partial charge on any atom is -0.465 e. The van der Waals surface area contributed by atoms with E-state index >= 15 is 0 Å². The molecule has 0 spiro atoms. The Hall–Kier alpha value is -2.33. The number of nitrogens with zero attached hydrogens (tertiary/aromatic N) is 2. The van der Waals surface area contributed by atoms with Crippen molar-refractivity contribution in [1.29, 1.82) is 0 Å². The number of carbonyl (C=O) groups excluding carboxylic acids is 3. The van der Waals surface area contributed by atoms with Crippen LogP contribution in [0.3, 0.4) is 0 Å². The molecule has 0 bridgehead atoms. The second-order valence-corrected chi connectivity index (χ2v) is 8.99. The van der Waals surface area contributed by atoms with Gasteiger partial charge >= 0.3 is 11.9 Å². The molecule has 0 radical (unpaired) electrons. The van der Waals surface area contributed by atoms with Gasteiger partial charge in [0.15, 0.2) is 0 Å². The van der Waals surface area contributed by atoms with Crippen molar-refractivity contribution in [2.24, 2.45) is 0 Å². The number of thiophene rings is 1. The number of piperazine rings is 1. The molecule has 172 valence electrons. The molecule has 1 aromatic carbocycles. The fourth-order valence-electron chi connectivity index (χ4n) is 3.45. The SMILES string of the molecule is COC(=O)c1sc(NC(=O)CN2CCN(c3ccc(Cl)c(Cl)c3)CC2)c(C(=O)OC)c1C. The Labute approximate surface area is 200 Å².